The summed E-state index contributed by atoms with van der Waals surface area (Å²) in [5.41, 5.74) is 0. The van der Waals surface area contributed by atoms with Gasteiger partial charge in [-0.1, -0.05) is 0 Å². The van der Waals surface area contributed by atoms with Crippen LogP contribution in [0.15, 0.2) is 29.2 Å². The molecule has 0 bridgehead atoms. The van der Waals surface area contributed by atoms with Crippen LogP contribution in [0.25, 0.3) is 0 Å². The van der Waals surface area contributed by atoms with E-state index in [1.54, 1.807) is 19.1 Å². The van der Waals surface area contributed by atoms with Gasteiger partial charge >= 0.3 is 6.09 Å². The lowest BCUT2D eigenvalue weighted by Gasteiger charge is -2.34. The number of carbonyl (C=O) groups is 2. The Kier molecular flexibility index (Phi) is 7.17. The Morgan fingerprint density at radius 2 is 1.81 bits per heavy atom. The zero-order valence-corrected chi connectivity index (χ0v) is 16.5. The minimum absolute atomic E-state index is 0.214. The number of nitrogens with zero attached hydrogens (tertiary/aromatic N) is 1. The summed E-state index contributed by atoms with van der Waals surface area (Å²) in [6.45, 7) is 5.58. The van der Waals surface area contributed by atoms with Crippen LogP contribution in [0.1, 0.15) is 13.8 Å². The molecule has 10 heteroatoms. The third-order valence-electron chi connectivity index (χ3n) is 4.55. The van der Waals surface area contributed by atoms with Crippen molar-refractivity contribution in [1.82, 2.24) is 9.62 Å². The predicted molar refractivity (Wildman–Crippen MR) is 97.1 cm³/mol. The van der Waals surface area contributed by atoms with Gasteiger partial charge in [0, 0.05) is 0 Å². The number of rotatable bonds is 6. The van der Waals surface area contributed by atoms with Crippen molar-refractivity contribution < 1.29 is 32.4 Å². The number of amides is 2. The number of sulfonamides is 1. The maximum atomic E-state index is 12.8. The van der Waals surface area contributed by atoms with Crippen LogP contribution < -0.4 is 15.0 Å². The van der Waals surface area contributed by atoms with Gasteiger partial charge in [-0.25, -0.2) is 13.2 Å². The SMILES string of the molecule is CCOc1ccc(S(=O)(=O)N2CC[NH+]([C@H](C)C(=O)NC(=O)OC)CC2)cc1. The topological polar surface area (TPSA) is 106 Å². The van der Waals surface area contributed by atoms with E-state index >= 15 is 0 Å². The molecule has 0 aromatic heterocycles. The summed E-state index contributed by atoms with van der Waals surface area (Å²) in [6.07, 6.45) is -0.803. The zero-order valence-electron chi connectivity index (χ0n) is 15.7. The molecule has 0 aliphatic carbocycles. The molecule has 1 heterocycles. The monoisotopic (exact) mass is 400 g/mol. The van der Waals surface area contributed by atoms with E-state index in [-0.39, 0.29) is 4.90 Å². The van der Waals surface area contributed by atoms with Crippen LogP contribution in [0, 0.1) is 0 Å². The lowest BCUT2D eigenvalue weighted by Crippen LogP contribution is -3.19. The number of benzene rings is 1. The van der Waals surface area contributed by atoms with Crippen LogP contribution in [-0.4, -0.2) is 70.7 Å². The molecular weight excluding hydrogens is 374 g/mol. The first kappa shape index (κ1) is 21.1. The molecule has 2 N–H and O–H groups in total. The van der Waals surface area contributed by atoms with Gasteiger partial charge in [0.15, 0.2) is 6.04 Å². The number of alkyl carbamates (subject to hydrolysis) is 1. The maximum absolute atomic E-state index is 12.8. The third-order valence-corrected chi connectivity index (χ3v) is 6.47. The quantitative estimate of drug-likeness (QED) is 0.651. The lowest BCUT2D eigenvalue weighted by atomic mass is 10.2. The summed E-state index contributed by atoms with van der Waals surface area (Å²) in [5.74, 6) is 0.177. The smallest absolute Gasteiger partial charge is 0.413 e. The number of ether oxygens (including phenoxy) is 2. The molecule has 1 atom stereocenters. The Morgan fingerprint density at radius 3 is 2.33 bits per heavy atom. The predicted octanol–water partition coefficient (Wildman–Crippen LogP) is -0.754. The third kappa shape index (κ3) is 5.18. The van der Waals surface area contributed by atoms with Crippen molar-refractivity contribution in [3.63, 3.8) is 0 Å². The normalized spacial score (nSPS) is 17.1. The van der Waals surface area contributed by atoms with E-state index in [1.807, 2.05) is 6.92 Å². The molecule has 9 nitrogen and oxygen atoms in total. The van der Waals surface area contributed by atoms with Gasteiger partial charge in [-0.15, -0.1) is 0 Å². The fourth-order valence-electron chi connectivity index (χ4n) is 2.92. The summed E-state index contributed by atoms with van der Waals surface area (Å²) in [6, 6.07) is 5.85. The first-order valence-corrected chi connectivity index (χ1v) is 10.2. The minimum Gasteiger partial charge on any atom is -0.494 e. The molecule has 1 aromatic rings. The number of piperazine rings is 1. The Balaban J connectivity index is 1.97. The van der Waals surface area contributed by atoms with E-state index < -0.39 is 28.1 Å². The molecule has 0 radical (unpaired) electrons. The summed E-state index contributed by atoms with van der Waals surface area (Å²) < 4.78 is 36.7. The van der Waals surface area contributed by atoms with E-state index in [0.717, 1.165) is 4.90 Å². The van der Waals surface area contributed by atoms with E-state index in [0.29, 0.717) is 38.5 Å². The summed E-state index contributed by atoms with van der Waals surface area (Å²) >= 11 is 0. The van der Waals surface area contributed by atoms with Crippen molar-refractivity contribution in [2.24, 2.45) is 0 Å². The number of hydrogen-bond acceptors (Lipinski definition) is 6. The molecule has 0 spiro atoms. The van der Waals surface area contributed by atoms with Crippen LogP contribution in [0.3, 0.4) is 0 Å². The second-order valence-electron chi connectivity index (χ2n) is 6.17. The van der Waals surface area contributed by atoms with Gasteiger partial charge in [0.1, 0.15) is 5.75 Å². The molecule has 1 aliphatic rings. The zero-order chi connectivity index (χ0) is 20.0. The van der Waals surface area contributed by atoms with Crippen molar-refractivity contribution in [3.8, 4) is 5.75 Å². The van der Waals surface area contributed by atoms with Crippen LogP contribution in [-0.2, 0) is 19.6 Å². The van der Waals surface area contributed by atoms with Gasteiger partial charge in [-0.3, -0.25) is 10.1 Å². The standard InChI is InChI=1S/C17H25N3O6S/c1-4-26-14-5-7-15(8-6-14)27(23,24)20-11-9-19(10-12-20)13(2)16(21)18-17(22)25-3/h5-8,13H,4,9-12H2,1-3H3,(H,18,21,22)/p+1/t13-/m1/s1. The summed E-state index contributed by atoms with van der Waals surface area (Å²) in [7, 11) is -2.41. The number of imide groups is 1. The van der Waals surface area contributed by atoms with Gasteiger partial charge in [-0.05, 0) is 38.1 Å². The van der Waals surface area contributed by atoms with Crippen LogP contribution in [0.5, 0.6) is 5.75 Å². The highest BCUT2D eigenvalue weighted by Gasteiger charge is 2.34. The van der Waals surface area contributed by atoms with Gasteiger partial charge in [-0.2, -0.15) is 4.31 Å². The van der Waals surface area contributed by atoms with Gasteiger partial charge in [0.25, 0.3) is 5.91 Å². The largest absolute Gasteiger partial charge is 0.494 e. The maximum Gasteiger partial charge on any atom is 0.413 e. The Hall–Kier alpha value is -2.17. The van der Waals surface area contributed by atoms with Crippen LogP contribution in [0.4, 0.5) is 4.79 Å². The fraction of sp³-hybridized carbons (Fsp3) is 0.529. The van der Waals surface area contributed by atoms with E-state index in [1.165, 1.54) is 23.5 Å². The van der Waals surface area contributed by atoms with Gasteiger partial charge in [0.2, 0.25) is 10.0 Å². The summed E-state index contributed by atoms with van der Waals surface area (Å²) in [4.78, 5) is 24.3. The van der Waals surface area contributed by atoms with Crippen LogP contribution >= 0.6 is 0 Å². The molecule has 1 aromatic carbocycles. The van der Waals surface area contributed by atoms with Crippen molar-refractivity contribution >= 4 is 22.0 Å². The molecule has 0 unspecified atom stereocenters. The molecule has 1 fully saturated rings. The van der Waals surface area contributed by atoms with Crippen molar-refractivity contribution in [1.29, 1.82) is 0 Å². The van der Waals surface area contributed by atoms with Crippen molar-refractivity contribution in [3.05, 3.63) is 24.3 Å². The van der Waals surface area contributed by atoms with Gasteiger partial charge in [0.05, 0.1) is 44.8 Å². The Bertz CT molecular complexity index is 757. The number of methoxy groups -OCH3 is 1. The Morgan fingerprint density at radius 1 is 1.22 bits per heavy atom. The first-order chi connectivity index (χ1) is 12.8. The molecule has 0 saturated carbocycles. The molecule has 27 heavy (non-hydrogen) atoms. The molecule has 2 amide bonds. The van der Waals surface area contributed by atoms with Crippen molar-refractivity contribution in [2.75, 3.05) is 39.9 Å². The molecule has 2 rings (SSSR count). The average molecular weight is 400 g/mol. The fourth-order valence-corrected chi connectivity index (χ4v) is 4.36. The number of carbonyl (C=O) groups excluding carboxylic acids is 2. The molecule has 150 valence electrons. The van der Waals surface area contributed by atoms with E-state index in [2.05, 4.69) is 10.1 Å². The first-order valence-electron chi connectivity index (χ1n) is 8.76. The average Bonchev–Trinajstić information content (AvgIpc) is 2.68. The Labute approximate surface area is 159 Å². The minimum atomic E-state index is -3.60. The van der Waals surface area contributed by atoms with E-state index in [9.17, 15) is 18.0 Å². The number of quaternary nitrogens is 1. The highest BCUT2D eigenvalue weighted by atomic mass is 32.2. The van der Waals surface area contributed by atoms with E-state index in [4.69, 9.17) is 4.74 Å². The lowest BCUT2D eigenvalue weighted by molar-refractivity contribution is -0.917. The molecule has 1 saturated heterocycles. The second-order valence-corrected chi connectivity index (χ2v) is 8.11. The van der Waals surface area contributed by atoms with Crippen molar-refractivity contribution in [2.45, 2.75) is 24.8 Å². The second kappa shape index (κ2) is 9.16. The number of nitrogens with one attached hydrogen (secondary N) is 2. The highest BCUT2D eigenvalue weighted by molar-refractivity contribution is 7.89. The molecular formula is C17H26N3O6S+. The summed E-state index contributed by atoms with van der Waals surface area (Å²) in [5, 5.41) is 2.14. The van der Waals surface area contributed by atoms with Crippen LogP contribution in [0.2, 0.25) is 0 Å². The number of hydrogen-bond donors (Lipinski definition) is 2. The molecule has 1 aliphatic heterocycles. The highest BCUT2D eigenvalue weighted by Crippen LogP contribution is 2.19. The van der Waals surface area contributed by atoms with Gasteiger partial charge < -0.3 is 14.4 Å².